The van der Waals surface area contributed by atoms with Gasteiger partial charge in [0, 0.05) is 18.3 Å². The van der Waals surface area contributed by atoms with Crippen molar-refractivity contribution in [3.05, 3.63) is 82.2 Å². The van der Waals surface area contributed by atoms with E-state index in [0.29, 0.717) is 5.56 Å². The molecule has 0 spiro atoms. The molecule has 0 radical (unpaired) electrons. The summed E-state index contributed by atoms with van der Waals surface area (Å²) >= 11 is 0. The number of aryl methyl sites for hydroxylation is 1. The van der Waals surface area contributed by atoms with Gasteiger partial charge in [-0.25, -0.2) is 9.97 Å². The number of nitrogens with one attached hydrogen (secondary N) is 2. The maximum absolute atomic E-state index is 12.4. The molecule has 9 heteroatoms. The minimum absolute atomic E-state index is 0.0961. The van der Waals surface area contributed by atoms with Gasteiger partial charge in [-0.1, -0.05) is 36.4 Å². The third-order valence-corrected chi connectivity index (χ3v) is 4.13. The van der Waals surface area contributed by atoms with Gasteiger partial charge >= 0.3 is 5.69 Å². The molecule has 0 fully saturated rings. The van der Waals surface area contributed by atoms with E-state index in [0.717, 1.165) is 11.3 Å². The van der Waals surface area contributed by atoms with E-state index in [1.54, 1.807) is 49.2 Å². The molecular weight excluding hydrogens is 360 g/mol. The number of amides is 1. The maximum atomic E-state index is 12.4. The number of carbonyl (C=O) groups is 1. The fraction of sp³-hybridized carbons (Fsp3) is 0.105. The molecule has 0 atom stereocenters. The zero-order valence-electron chi connectivity index (χ0n) is 15.3. The van der Waals surface area contributed by atoms with Crippen LogP contribution in [0.5, 0.6) is 0 Å². The van der Waals surface area contributed by atoms with Crippen LogP contribution in [0.15, 0.2) is 60.9 Å². The zero-order chi connectivity index (χ0) is 20.1. The molecule has 0 saturated heterocycles. The van der Waals surface area contributed by atoms with Gasteiger partial charge in [-0.2, -0.15) is 0 Å². The Kier molecular flexibility index (Phi) is 5.45. The highest BCUT2D eigenvalue weighted by Crippen LogP contribution is 2.34. The quantitative estimate of drug-likeness (QED) is 0.500. The smallest absolute Gasteiger partial charge is 0.324 e. The van der Waals surface area contributed by atoms with Crippen molar-refractivity contribution >= 4 is 28.9 Å². The van der Waals surface area contributed by atoms with Crippen molar-refractivity contribution < 1.29 is 9.72 Å². The zero-order valence-corrected chi connectivity index (χ0v) is 15.3. The van der Waals surface area contributed by atoms with E-state index >= 15 is 0 Å². The Balaban J connectivity index is 1.89. The summed E-state index contributed by atoms with van der Waals surface area (Å²) in [7, 11) is 1.67. The van der Waals surface area contributed by atoms with Gasteiger partial charge in [-0.15, -0.1) is 0 Å². The van der Waals surface area contributed by atoms with Gasteiger partial charge in [0.2, 0.25) is 11.6 Å². The van der Waals surface area contributed by atoms with E-state index in [1.165, 1.54) is 6.33 Å². The van der Waals surface area contributed by atoms with E-state index in [2.05, 4.69) is 20.8 Å². The number of hydrogen-bond donors (Lipinski definition) is 2. The number of benzene rings is 2. The first-order valence-corrected chi connectivity index (χ1v) is 8.39. The lowest BCUT2D eigenvalue weighted by Gasteiger charge is -2.19. The minimum Gasteiger partial charge on any atom is -0.324 e. The third-order valence-electron chi connectivity index (χ3n) is 4.13. The van der Waals surface area contributed by atoms with Crippen LogP contribution in [0, 0.1) is 17.0 Å². The van der Waals surface area contributed by atoms with Crippen LogP contribution in [0.4, 0.5) is 23.0 Å². The normalized spacial score (nSPS) is 10.2. The number of hydrogen-bond acceptors (Lipinski definition) is 7. The van der Waals surface area contributed by atoms with Crippen LogP contribution in [-0.2, 0) is 0 Å². The number of nitrogens with zero attached hydrogens (tertiary/aromatic N) is 4. The predicted molar refractivity (Wildman–Crippen MR) is 105 cm³/mol. The summed E-state index contributed by atoms with van der Waals surface area (Å²) in [6.45, 7) is 1.80. The number of para-hydroxylation sites is 1. The highest BCUT2D eigenvalue weighted by molar-refractivity contribution is 5.96. The van der Waals surface area contributed by atoms with E-state index in [-0.39, 0.29) is 17.3 Å². The Labute approximate surface area is 161 Å². The molecule has 142 valence electrons. The summed E-state index contributed by atoms with van der Waals surface area (Å²) in [6, 6.07) is 16.1. The Hall–Kier alpha value is -4.01. The average Bonchev–Trinajstić information content (AvgIpc) is 2.72. The first-order valence-electron chi connectivity index (χ1n) is 8.39. The summed E-state index contributed by atoms with van der Waals surface area (Å²) in [4.78, 5) is 33.0. The van der Waals surface area contributed by atoms with Crippen molar-refractivity contribution in [2.75, 3.05) is 17.4 Å². The SMILES string of the molecule is Cc1ccccc1C(=O)NNc1ncnc(N(C)c2ccccc2)c1[N+](=O)[O-]. The second-order valence-corrected chi connectivity index (χ2v) is 5.94. The van der Waals surface area contributed by atoms with Gasteiger partial charge in [0.05, 0.1) is 4.92 Å². The van der Waals surface area contributed by atoms with E-state index in [1.807, 2.05) is 24.3 Å². The van der Waals surface area contributed by atoms with E-state index in [9.17, 15) is 14.9 Å². The molecule has 3 aromatic rings. The van der Waals surface area contributed by atoms with Crippen LogP contribution in [0.3, 0.4) is 0 Å². The Morgan fingerprint density at radius 1 is 1.07 bits per heavy atom. The van der Waals surface area contributed by atoms with Crippen LogP contribution >= 0.6 is 0 Å². The number of nitro groups is 1. The lowest BCUT2D eigenvalue weighted by atomic mass is 10.1. The third kappa shape index (κ3) is 3.88. The fourth-order valence-corrected chi connectivity index (χ4v) is 2.66. The fourth-order valence-electron chi connectivity index (χ4n) is 2.66. The Morgan fingerprint density at radius 3 is 2.43 bits per heavy atom. The second kappa shape index (κ2) is 8.12. The summed E-state index contributed by atoms with van der Waals surface area (Å²) in [5, 5.41) is 11.7. The van der Waals surface area contributed by atoms with Crippen molar-refractivity contribution in [2.45, 2.75) is 6.92 Å². The van der Waals surface area contributed by atoms with Gasteiger partial charge in [0.1, 0.15) is 6.33 Å². The monoisotopic (exact) mass is 378 g/mol. The molecule has 0 saturated carbocycles. The molecule has 9 nitrogen and oxygen atoms in total. The minimum atomic E-state index is -0.586. The second-order valence-electron chi connectivity index (χ2n) is 5.94. The van der Waals surface area contributed by atoms with Gasteiger partial charge < -0.3 is 4.90 Å². The first kappa shape index (κ1) is 18.8. The van der Waals surface area contributed by atoms with Crippen LogP contribution < -0.4 is 15.8 Å². The largest absolute Gasteiger partial charge is 0.355 e. The van der Waals surface area contributed by atoms with E-state index in [4.69, 9.17) is 0 Å². The molecule has 0 aliphatic heterocycles. The lowest BCUT2D eigenvalue weighted by molar-refractivity contribution is -0.383. The molecule has 0 aliphatic rings. The van der Waals surface area contributed by atoms with Gasteiger partial charge in [-0.3, -0.25) is 25.8 Å². The molecule has 28 heavy (non-hydrogen) atoms. The number of anilines is 3. The maximum Gasteiger partial charge on any atom is 0.355 e. The average molecular weight is 378 g/mol. The van der Waals surface area contributed by atoms with Gasteiger partial charge in [0.15, 0.2) is 0 Å². The first-order chi connectivity index (χ1) is 13.5. The molecule has 0 unspecified atom stereocenters. The number of hydrazine groups is 1. The molecule has 2 aromatic carbocycles. The molecule has 0 bridgehead atoms. The summed E-state index contributed by atoms with van der Waals surface area (Å²) in [5.41, 5.74) is 6.61. The predicted octanol–water partition coefficient (Wildman–Crippen LogP) is 3.22. The molecule has 0 aliphatic carbocycles. The van der Waals surface area contributed by atoms with Crippen molar-refractivity contribution in [2.24, 2.45) is 0 Å². The van der Waals surface area contributed by atoms with Crippen LogP contribution in [0.2, 0.25) is 0 Å². The molecule has 3 rings (SSSR count). The number of rotatable bonds is 6. The Bertz CT molecular complexity index is 1010. The molecule has 2 N–H and O–H groups in total. The topological polar surface area (TPSA) is 113 Å². The molecule has 1 heterocycles. The van der Waals surface area contributed by atoms with Gasteiger partial charge in [0.25, 0.3) is 5.91 Å². The molecule has 1 amide bonds. The lowest BCUT2D eigenvalue weighted by Crippen LogP contribution is -2.31. The highest BCUT2D eigenvalue weighted by Gasteiger charge is 2.26. The summed E-state index contributed by atoms with van der Waals surface area (Å²) < 4.78 is 0. The van der Waals surface area contributed by atoms with E-state index < -0.39 is 10.8 Å². The van der Waals surface area contributed by atoms with Crippen molar-refractivity contribution in [3.8, 4) is 0 Å². The molecular formula is C19H18N6O3. The standard InChI is InChI=1S/C19H18N6O3/c1-13-8-6-7-11-15(13)19(26)23-22-17-16(25(27)28)18(21-12-20-17)24(2)14-9-4-3-5-10-14/h3-12H,1-2H3,(H,23,26)(H,20,21,22). The van der Waals surface area contributed by atoms with Crippen molar-refractivity contribution in [1.82, 2.24) is 15.4 Å². The molecule has 1 aromatic heterocycles. The van der Waals surface area contributed by atoms with Gasteiger partial charge in [-0.05, 0) is 30.7 Å². The van der Waals surface area contributed by atoms with Crippen molar-refractivity contribution in [3.63, 3.8) is 0 Å². The summed E-state index contributed by atoms with van der Waals surface area (Å²) in [6.07, 6.45) is 1.20. The summed E-state index contributed by atoms with van der Waals surface area (Å²) in [5.74, 6) is -0.442. The highest BCUT2D eigenvalue weighted by atomic mass is 16.6. The van der Waals surface area contributed by atoms with Crippen LogP contribution in [-0.4, -0.2) is 27.8 Å². The van der Waals surface area contributed by atoms with Crippen LogP contribution in [0.1, 0.15) is 15.9 Å². The van der Waals surface area contributed by atoms with Crippen molar-refractivity contribution in [1.29, 1.82) is 0 Å². The number of aromatic nitrogens is 2. The Morgan fingerprint density at radius 2 is 1.75 bits per heavy atom. The van der Waals surface area contributed by atoms with Crippen LogP contribution in [0.25, 0.3) is 0 Å². The number of carbonyl (C=O) groups excluding carboxylic acids is 1.